The summed E-state index contributed by atoms with van der Waals surface area (Å²) in [7, 11) is 0. The zero-order valence-electron chi connectivity index (χ0n) is 10.1. The summed E-state index contributed by atoms with van der Waals surface area (Å²) >= 11 is 1.24. The normalized spacial score (nSPS) is 11.3. The van der Waals surface area contributed by atoms with Crippen LogP contribution < -0.4 is 0 Å². The molecule has 0 bridgehead atoms. The Hall–Kier alpha value is -2.47. The quantitative estimate of drug-likeness (QED) is 0.499. The van der Waals surface area contributed by atoms with Crippen molar-refractivity contribution in [2.24, 2.45) is 0 Å². The van der Waals surface area contributed by atoms with Crippen LogP contribution in [0.1, 0.15) is 10.4 Å². The van der Waals surface area contributed by atoms with Crippen LogP contribution in [-0.4, -0.2) is 22.0 Å². The van der Waals surface area contributed by atoms with Gasteiger partial charge in [-0.3, -0.25) is 4.79 Å². The van der Waals surface area contributed by atoms with E-state index in [0.717, 1.165) is 4.90 Å². The minimum absolute atomic E-state index is 0.201. The molecule has 1 aromatic heterocycles. The van der Waals surface area contributed by atoms with Gasteiger partial charge in [-0.1, -0.05) is 30.0 Å². The van der Waals surface area contributed by atoms with E-state index in [1.54, 1.807) is 0 Å². The van der Waals surface area contributed by atoms with Crippen molar-refractivity contribution in [3.05, 3.63) is 60.1 Å². The molecular formula is C14H10O5S. The number of carbonyl (C=O) groups is 2. The van der Waals surface area contributed by atoms with Crippen LogP contribution in [0.4, 0.5) is 0 Å². The highest BCUT2D eigenvalue weighted by molar-refractivity contribution is 7.99. The molecule has 2 aromatic rings. The third-order valence-corrected chi connectivity index (χ3v) is 3.35. The highest BCUT2D eigenvalue weighted by Crippen LogP contribution is 2.31. The Bertz CT molecular complexity index is 657. The third-order valence-electron chi connectivity index (χ3n) is 2.34. The number of allylic oxidation sites excluding steroid dienone is 1. The number of rotatable bonds is 5. The molecule has 20 heavy (non-hydrogen) atoms. The molecule has 6 heteroatoms. The van der Waals surface area contributed by atoms with Gasteiger partial charge in [-0.25, -0.2) is 4.79 Å². The number of benzene rings is 1. The van der Waals surface area contributed by atoms with E-state index < -0.39 is 17.5 Å². The molecule has 2 rings (SSSR count). The number of carboxylic acids is 1. The molecule has 2 N–H and O–H groups in total. The number of furan rings is 1. The zero-order chi connectivity index (χ0) is 14.5. The number of hydrogen-bond donors (Lipinski definition) is 2. The Balaban J connectivity index is 2.23. The lowest BCUT2D eigenvalue weighted by atomic mass is 10.2. The molecule has 5 nitrogen and oxygen atoms in total. The molecular weight excluding hydrogens is 280 g/mol. The Morgan fingerprint density at radius 2 is 1.80 bits per heavy atom. The van der Waals surface area contributed by atoms with Crippen molar-refractivity contribution in [2.75, 3.05) is 0 Å². The van der Waals surface area contributed by atoms with Crippen LogP contribution >= 0.6 is 11.8 Å². The summed E-state index contributed by atoms with van der Waals surface area (Å²) in [5, 5.41) is 18.0. The van der Waals surface area contributed by atoms with Crippen molar-refractivity contribution in [3.8, 4) is 0 Å². The molecule has 0 spiro atoms. The number of carboxylic acid groups (broad SMARTS) is 1. The van der Waals surface area contributed by atoms with E-state index in [9.17, 15) is 9.59 Å². The molecule has 0 amide bonds. The Morgan fingerprint density at radius 1 is 1.10 bits per heavy atom. The molecule has 0 aliphatic rings. The fourth-order valence-corrected chi connectivity index (χ4v) is 2.31. The number of carbonyl (C=O) groups excluding carboxylic acids is 1. The number of aliphatic hydroxyl groups is 1. The van der Waals surface area contributed by atoms with Crippen molar-refractivity contribution in [1.29, 1.82) is 0 Å². The van der Waals surface area contributed by atoms with Crippen LogP contribution in [0.2, 0.25) is 0 Å². The van der Waals surface area contributed by atoms with Crippen LogP contribution in [0.25, 0.3) is 0 Å². The van der Waals surface area contributed by atoms with Crippen LogP contribution in [0.5, 0.6) is 0 Å². The predicted octanol–water partition coefficient (Wildman–Crippen LogP) is 3.14. The van der Waals surface area contributed by atoms with E-state index in [2.05, 4.69) is 0 Å². The number of ketones is 1. The Kier molecular flexibility index (Phi) is 4.27. The van der Waals surface area contributed by atoms with Crippen molar-refractivity contribution >= 4 is 23.5 Å². The van der Waals surface area contributed by atoms with Crippen molar-refractivity contribution < 1.29 is 24.2 Å². The lowest BCUT2D eigenvalue weighted by Gasteiger charge is -2.00. The summed E-state index contributed by atoms with van der Waals surface area (Å²) < 4.78 is 5.22. The molecule has 0 radical (unpaired) electrons. The van der Waals surface area contributed by atoms with Gasteiger partial charge in [0.2, 0.25) is 5.76 Å². The van der Waals surface area contributed by atoms with E-state index in [1.807, 2.05) is 30.3 Å². The van der Waals surface area contributed by atoms with Gasteiger partial charge in [-0.15, -0.1) is 0 Å². The number of aliphatic hydroxyl groups excluding tert-OH is 1. The van der Waals surface area contributed by atoms with E-state index in [-0.39, 0.29) is 5.56 Å². The second kappa shape index (κ2) is 6.12. The summed E-state index contributed by atoms with van der Waals surface area (Å²) in [5.74, 6) is -3.19. The van der Waals surface area contributed by atoms with E-state index in [4.69, 9.17) is 14.6 Å². The molecule has 0 saturated heterocycles. The van der Waals surface area contributed by atoms with Crippen LogP contribution in [0.3, 0.4) is 0 Å². The van der Waals surface area contributed by atoms with Gasteiger partial charge in [0.05, 0.1) is 11.8 Å². The molecule has 0 aliphatic heterocycles. The highest BCUT2D eigenvalue weighted by Gasteiger charge is 2.16. The average molecular weight is 290 g/mol. The molecule has 1 aromatic carbocycles. The van der Waals surface area contributed by atoms with E-state index in [1.165, 1.54) is 24.1 Å². The number of hydrogen-bond acceptors (Lipinski definition) is 5. The van der Waals surface area contributed by atoms with E-state index >= 15 is 0 Å². The van der Waals surface area contributed by atoms with Crippen LogP contribution in [0, 0.1) is 0 Å². The molecule has 0 unspecified atom stereocenters. The highest BCUT2D eigenvalue weighted by atomic mass is 32.2. The first-order valence-electron chi connectivity index (χ1n) is 5.56. The topological polar surface area (TPSA) is 87.7 Å². The molecule has 0 atom stereocenters. The Morgan fingerprint density at radius 3 is 2.45 bits per heavy atom. The maximum Gasteiger partial charge on any atom is 0.371 e. The zero-order valence-corrected chi connectivity index (χ0v) is 11.0. The van der Waals surface area contributed by atoms with Gasteiger partial charge in [-0.05, 0) is 18.2 Å². The van der Waals surface area contributed by atoms with Gasteiger partial charge < -0.3 is 14.6 Å². The maximum atomic E-state index is 11.9. The van der Waals surface area contributed by atoms with Gasteiger partial charge in [0.25, 0.3) is 0 Å². The van der Waals surface area contributed by atoms with Gasteiger partial charge >= 0.3 is 5.97 Å². The SMILES string of the molecule is O=C(O)/C(O)=C/C(=O)c1ccoc1Sc1ccccc1. The van der Waals surface area contributed by atoms with Crippen molar-refractivity contribution in [2.45, 2.75) is 9.99 Å². The fourth-order valence-electron chi connectivity index (χ4n) is 1.42. The molecule has 102 valence electrons. The molecule has 1 heterocycles. The standard InChI is InChI=1S/C14H10O5S/c15-11(8-12(16)13(17)18)10-6-7-19-14(10)20-9-4-2-1-3-5-9/h1-8,16H,(H,17,18)/b12-8-. The molecule has 0 aliphatic carbocycles. The second-order valence-corrected chi connectivity index (χ2v) is 4.78. The minimum atomic E-state index is -1.56. The largest absolute Gasteiger partial charge is 0.502 e. The van der Waals surface area contributed by atoms with E-state index in [0.29, 0.717) is 11.2 Å². The van der Waals surface area contributed by atoms with Crippen LogP contribution in [-0.2, 0) is 4.79 Å². The van der Waals surface area contributed by atoms with Crippen LogP contribution in [0.15, 0.2) is 68.9 Å². The summed E-state index contributed by atoms with van der Waals surface area (Å²) in [5.41, 5.74) is 0.201. The maximum absolute atomic E-state index is 11.9. The average Bonchev–Trinajstić information content (AvgIpc) is 2.88. The summed E-state index contributed by atoms with van der Waals surface area (Å²) in [6.07, 6.45) is 1.99. The fraction of sp³-hybridized carbons (Fsp3) is 0. The van der Waals surface area contributed by atoms with Gasteiger partial charge in [0.15, 0.2) is 10.9 Å². The van der Waals surface area contributed by atoms with Crippen molar-refractivity contribution in [1.82, 2.24) is 0 Å². The Labute approximate surface area is 118 Å². The molecule has 0 saturated carbocycles. The number of aliphatic carboxylic acids is 1. The second-order valence-electron chi connectivity index (χ2n) is 3.74. The first kappa shape index (κ1) is 14.0. The molecule has 0 fully saturated rings. The third kappa shape index (κ3) is 3.30. The first-order valence-corrected chi connectivity index (χ1v) is 6.38. The summed E-state index contributed by atoms with van der Waals surface area (Å²) in [4.78, 5) is 23.2. The predicted molar refractivity (Wildman–Crippen MR) is 72.0 cm³/mol. The lowest BCUT2D eigenvalue weighted by Crippen LogP contribution is -2.03. The van der Waals surface area contributed by atoms with Gasteiger partial charge in [0, 0.05) is 11.0 Å². The lowest BCUT2D eigenvalue weighted by molar-refractivity contribution is -0.135. The van der Waals surface area contributed by atoms with Gasteiger partial charge in [-0.2, -0.15) is 0 Å². The first-order chi connectivity index (χ1) is 9.58. The minimum Gasteiger partial charge on any atom is -0.502 e. The summed E-state index contributed by atoms with van der Waals surface area (Å²) in [6.45, 7) is 0. The van der Waals surface area contributed by atoms with Crippen molar-refractivity contribution in [3.63, 3.8) is 0 Å². The van der Waals surface area contributed by atoms with Gasteiger partial charge in [0.1, 0.15) is 0 Å². The summed E-state index contributed by atoms with van der Waals surface area (Å²) in [6, 6.07) is 10.7. The smallest absolute Gasteiger partial charge is 0.371 e. The monoisotopic (exact) mass is 290 g/mol.